The van der Waals surface area contributed by atoms with Crippen LogP contribution in [-0.4, -0.2) is 40.5 Å². The van der Waals surface area contributed by atoms with E-state index in [1.807, 2.05) is 4.90 Å². The van der Waals surface area contributed by atoms with Crippen LogP contribution in [0, 0.1) is 18.8 Å². The maximum absolute atomic E-state index is 13.8. The lowest BCUT2D eigenvalue weighted by Gasteiger charge is -2.31. The summed E-state index contributed by atoms with van der Waals surface area (Å²) in [5.41, 5.74) is 4.55. The highest BCUT2D eigenvalue weighted by molar-refractivity contribution is 5.95. The molecule has 2 aromatic heterocycles. The molecule has 46 heavy (non-hydrogen) atoms. The van der Waals surface area contributed by atoms with Gasteiger partial charge < -0.3 is 14.7 Å². The van der Waals surface area contributed by atoms with E-state index in [2.05, 4.69) is 24.8 Å². The topological polar surface area (TPSA) is 65.5 Å². The molecule has 0 spiro atoms. The third kappa shape index (κ3) is 6.72. The Morgan fingerprint density at radius 2 is 1.63 bits per heavy atom. The van der Waals surface area contributed by atoms with Crippen molar-refractivity contribution in [2.24, 2.45) is 11.8 Å². The molecule has 1 aromatic carbocycles. The summed E-state index contributed by atoms with van der Waals surface area (Å²) in [7, 11) is 0. The van der Waals surface area contributed by atoms with Crippen molar-refractivity contribution in [3.05, 3.63) is 70.2 Å². The second kappa shape index (κ2) is 11.8. The van der Waals surface area contributed by atoms with E-state index in [1.165, 1.54) is 49.1 Å². The third-order valence-corrected chi connectivity index (χ3v) is 9.96. The van der Waals surface area contributed by atoms with Gasteiger partial charge in [0.15, 0.2) is 0 Å². The van der Waals surface area contributed by atoms with Crippen LogP contribution in [0.5, 0.6) is 0 Å². The summed E-state index contributed by atoms with van der Waals surface area (Å²) < 4.78 is 41.5. The fourth-order valence-electron chi connectivity index (χ4n) is 7.08. The zero-order valence-corrected chi connectivity index (χ0v) is 27.0. The Labute approximate surface area is 269 Å². The van der Waals surface area contributed by atoms with Crippen LogP contribution in [0.3, 0.4) is 0 Å². The van der Waals surface area contributed by atoms with Crippen molar-refractivity contribution in [1.29, 1.82) is 0 Å². The van der Waals surface area contributed by atoms with Crippen LogP contribution in [0.15, 0.2) is 36.7 Å². The highest BCUT2D eigenvalue weighted by atomic mass is 19.4. The fraction of sp³-hybridized carbons (Fsp3) is 0.556. The molecule has 3 aliphatic carbocycles. The molecule has 4 aliphatic rings. The summed E-state index contributed by atoms with van der Waals surface area (Å²) in [4.78, 5) is 33.3. The molecule has 3 fully saturated rings. The first-order chi connectivity index (χ1) is 21.9. The number of anilines is 3. The van der Waals surface area contributed by atoms with Crippen LogP contribution in [-0.2, 0) is 35.9 Å². The van der Waals surface area contributed by atoms with Gasteiger partial charge in [0.25, 0.3) is 0 Å². The van der Waals surface area contributed by atoms with Crippen molar-refractivity contribution in [3.8, 4) is 0 Å². The monoisotopic (exact) mass is 632 g/mol. The zero-order chi connectivity index (χ0) is 32.2. The van der Waals surface area contributed by atoms with E-state index in [0.29, 0.717) is 54.1 Å². The third-order valence-electron chi connectivity index (χ3n) is 9.96. The highest BCUT2D eigenvalue weighted by Crippen LogP contribution is 2.42. The molecule has 0 bridgehead atoms. The fourth-order valence-corrected chi connectivity index (χ4v) is 7.08. The van der Waals surface area contributed by atoms with Crippen LogP contribution >= 0.6 is 0 Å². The van der Waals surface area contributed by atoms with Crippen LogP contribution in [0.2, 0.25) is 0 Å². The van der Waals surface area contributed by atoms with Crippen LogP contribution in [0.25, 0.3) is 0 Å². The van der Waals surface area contributed by atoms with Gasteiger partial charge >= 0.3 is 6.18 Å². The molecule has 2 saturated carbocycles. The molecule has 3 heterocycles. The van der Waals surface area contributed by atoms with Crippen molar-refractivity contribution in [2.75, 3.05) is 34.3 Å². The van der Waals surface area contributed by atoms with Crippen molar-refractivity contribution >= 4 is 23.4 Å². The molecule has 7 nitrogen and oxygen atoms in total. The zero-order valence-electron chi connectivity index (χ0n) is 27.0. The molecular formula is C36H43F3N6O. The van der Waals surface area contributed by atoms with Gasteiger partial charge in [-0.05, 0) is 93.0 Å². The van der Waals surface area contributed by atoms with Gasteiger partial charge in [0.1, 0.15) is 5.82 Å². The van der Waals surface area contributed by atoms with Crippen molar-refractivity contribution in [3.63, 3.8) is 0 Å². The molecule has 0 radical (unpaired) electrons. The highest BCUT2D eigenvalue weighted by Gasteiger charge is 2.36. The number of amides is 1. The van der Waals surface area contributed by atoms with Gasteiger partial charge in [0.2, 0.25) is 11.9 Å². The van der Waals surface area contributed by atoms with Crippen molar-refractivity contribution < 1.29 is 18.0 Å². The second-order valence-electron chi connectivity index (χ2n) is 14.6. The Kier molecular flexibility index (Phi) is 7.96. The van der Waals surface area contributed by atoms with Gasteiger partial charge in [-0.25, -0.2) is 15.0 Å². The molecular weight excluding hydrogens is 589 g/mol. The molecule has 244 valence electrons. The van der Waals surface area contributed by atoms with Gasteiger partial charge in [0, 0.05) is 50.1 Å². The van der Waals surface area contributed by atoms with E-state index in [-0.39, 0.29) is 17.9 Å². The maximum Gasteiger partial charge on any atom is 0.416 e. The Morgan fingerprint density at radius 3 is 2.24 bits per heavy atom. The van der Waals surface area contributed by atoms with Gasteiger partial charge in [-0.3, -0.25) is 4.79 Å². The van der Waals surface area contributed by atoms with Crippen molar-refractivity contribution in [1.82, 2.24) is 15.0 Å². The normalized spacial score (nSPS) is 19.1. The molecule has 1 amide bonds. The lowest BCUT2D eigenvalue weighted by Crippen LogP contribution is -2.33. The van der Waals surface area contributed by atoms with Gasteiger partial charge in [-0.1, -0.05) is 25.5 Å². The first-order valence-corrected chi connectivity index (χ1v) is 16.8. The Balaban J connectivity index is 1.28. The lowest BCUT2D eigenvalue weighted by molar-refractivity contribution is -0.137. The molecule has 10 heteroatoms. The Bertz CT molecular complexity index is 1600. The number of pyridine rings is 1. The average molecular weight is 633 g/mol. The van der Waals surface area contributed by atoms with Gasteiger partial charge in [0.05, 0.1) is 29.3 Å². The number of aromatic nitrogens is 3. The van der Waals surface area contributed by atoms with Crippen LogP contribution in [0.4, 0.5) is 30.6 Å². The summed E-state index contributed by atoms with van der Waals surface area (Å²) >= 11 is 0. The number of rotatable bonds is 11. The number of hydrogen-bond acceptors (Lipinski definition) is 6. The molecule has 3 aromatic rings. The molecule has 1 saturated heterocycles. The summed E-state index contributed by atoms with van der Waals surface area (Å²) in [5.74, 6) is 2.83. The largest absolute Gasteiger partial charge is 0.416 e. The minimum absolute atomic E-state index is 0.00532. The number of fused-ring (bicyclic) bond motifs is 1. The number of halogens is 3. The Hall–Kier alpha value is -3.69. The van der Waals surface area contributed by atoms with E-state index >= 15 is 0 Å². The number of carbonyl (C=O) groups is 1. The smallest absolute Gasteiger partial charge is 0.356 e. The summed E-state index contributed by atoms with van der Waals surface area (Å²) in [6, 6.07) is 6.51. The first-order valence-electron chi connectivity index (χ1n) is 16.8. The van der Waals surface area contributed by atoms with Crippen LogP contribution < -0.4 is 14.7 Å². The summed E-state index contributed by atoms with van der Waals surface area (Å²) in [5, 5.41) is 0. The number of nitrogens with zero attached hydrogens (tertiary/aromatic N) is 6. The van der Waals surface area contributed by atoms with E-state index in [0.717, 1.165) is 43.7 Å². The predicted molar refractivity (Wildman–Crippen MR) is 173 cm³/mol. The summed E-state index contributed by atoms with van der Waals surface area (Å²) in [6.45, 7) is 9.43. The number of alkyl halides is 3. The van der Waals surface area contributed by atoms with E-state index < -0.39 is 11.7 Å². The number of benzene rings is 1. The minimum atomic E-state index is -4.44. The number of carbonyl (C=O) groups excluding carboxylic acids is 1. The van der Waals surface area contributed by atoms with E-state index in [1.54, 1.807) is 30.3 Å². The SMILES string of the molecule is Cc1cc(CN(Cc2cc3c(nc2N(CC2CC2)CC2CC2)C(C)(C)CC3)c2ncc(N3CCCC3=O)cn2)cc(C(F)(F)F)c1. The Morgan fingerprint density at radius 1 is 0.935 bits per heavy atom. The molecule has 0 atom stereocenters. The average Bonchev–Trinajstić information content (AvgIpc) is 3.93. The standard InChI is InChI=1S/C36H43F3N6O/c1-23-13-26(15-29(14-23)36(37,38)39)21-44(34-40-17-30(18-41-34)45-12-4-5-31(45)46)22-28-16-27-10-11-35(2,3)32(27)42-33(28)43(19-24-6-7-24)20-25-8-9-25/h13-18,24-25H,4-12,19-22H2,1-3H3. The van der Waals surface area contributed by atoms with E-state index in [4.69, 9.17) is 15.0 Å². The lowest BCUT2D eigenvalue weighted by atomic mass is 9.90. The molecule has 7 rings (SSSR count). The summed E-state index contributed by atoms with van der Waals surface area (Å²) in [6.07, 6.45) is 7.15. The van der Waals surface area contributed by atoms with E-state index in [9.17, 15) is 18.0 Å². The van der Waals surface area contributed by atoms with Crippen LogP contribution in [0.1, 0.15) is 92.3 Å². The quantitative estimate of drug-likeness (QED) is 0.220. The first kappa shape index (κ1) is 30.9. The van der Waals surface area contributed by atoms with Gasteiger partial charge in [-0.2, -0.15) is 13.2 Å². The molecule has 0 N–H and O–H groups in total. The van der Waals surface area contributed by atoms with Crippen molar-refractivity contribution in [2.45, 2.75) is 96.8 Å². The second-order valence-corrected chi connectivity index (χ2v) is 14.6. The maximum atomic E-state index is 13.8. The molecule has 1 aliphatic heterocycles. The minimum Gasteiger partial charge on any atom is -0.356 e. The number of aryl methyl sites for hydroxylation is 2. The predicted octanol–water partition coefficient (Wildman–Crippen LogP) is 7.38. The molecule has 0 unspecified atom stereocenters. The van der Waals surface area contributed by atoms with Gasteiger partial charge in [-0.15, -0.1) is 0 Å². The number of hydrogen-bond donors (Lipinski definition) is 0.